The van der Waals surface area contributed by atoms with Crippen LogP contribution in [0.4, 0.5) is 5.69 Å². The molecule has 226 valence electrons. The number of carbonyl (C=O) groups excluding carboxylic acids is 2. The van der Waals surface area contributed by atoms with Gasteiger partial charge in [0.1, 0.15) is 6.04 Å². The number of benzene rings is 3. The molecular weight excluding hydrogens is 546 g/mol. The first-order chi connectivity index (χ1) is 20.0. The van der Waals surface area contributed by atoms with Crippen LogP contribution < -0.4 is 9.62 Å². The number of sulfonamides is 1. The summed E-state index contributed by atoms with van der Waals surface area (Å²) in [5.74, 6) is -0.360. The zero-order valence-electron chi connectivity index (χ0n) is 25.6. The van der Waals surface area contributed by atoms with E-state index in [9.17, 15) is 18.0 Å². The van der Waals surface area contributed by atoms with Crippen LogP contribution in [0.5, 0.6) is 0 Å². The lowest BCUT2D eigenvalue weighted by atomic mass is 10.0. The van der Waals surface area contributed by atoms with E-state index in [2.05, 4.69) is 12.2 Å². The first-order valence-corrected chi connectivity index (χ1v) is 16.6. The Morgan fingerprint density at radius 2 is 1.57 bits per heavy atom. The molecule has 0 aliphatic carbocycles. The van der Waals surface area contributed by atoms with Gasteiger partial charge < -0.3 is 10.2 Å². The third-order valence-corrected chi connectivity index (χ3v) is 8.67. The van der Waals surface area contributed by atoms with E-state index >= 15 is 0 Å². The van der Waals surface area contributed by atoms with Crippen molar-refractivity contribution in [3.8, 4) is 0 Å². The van der Waals surface area contributed by atoms with E-state index in [0.29, 0.717) is 25.1 Å². The molecule has 0 fully saturated rings. The maximum absolute atomic E-state index is 14.0. The van der Waals surface area contributed by atoms with Crippen LogP contribution in [0, 0.1) is 20.8 Å². The zero-order valence-corrected chi connectivity index (χ0v) is 26.4. The summed E-state index contributed by atoms with van der Waals surface area (Å²) in [7, 11) is -3.57. The molecule has 0 aliphatic rings. The number of hydrogen-bond acceptors (Lipinski definition) is 4. The molecule has 0 unspecified atom stereocenters. The van der Waals surface area contributed by atoms with E-state index in [4.69, 9.17) is 0 Å². The van der Waals surface area contributed by atoms with Crippen molar-refractivity contribution in [2.24, 2.45) is 0 Å². The number of hydrogen-bond donors (Lipinski definition) is 1. The molecule has 8 heteroatoms. The molecule has 3 aromatic carbocycles. The second kappa shape index (κ2) is 15.5. The highest BCUT2D eigenvalue weighted by molar-refractivity contribution is 7.92. The summed E-state index contributed by atoms with van der Waals surface area (Å²) in [5.41, 5.74) is 5.41. The molecular formula is C34H45N3O4S. The summed E-state index contributed by atoms with van der Waals surface area (Å²) in [4.78, 5) is 29.3. The smallest absolute Gasteiger partial charge is 0.243 e. The number of aryl methyl sites for hydroxylation is 3. The minimum atomic E-state index is -3.57. The van der Waals surface area contributed by atoms with Gasteiger partial charge in [-0.25, -0.2) is 8.42 Å². The number of amides is 2. The minimum Gasteiger partial charge on any atom is -0.354 e. The molecule has 0 heterocycles. The number of rotatable bonds is 15. The Hall–Kier alpha value is -3.65. The van der Waals surface area contributed by atoms with Crippen molar-refractivity contribution in [3.05, 3.63) is 101 Å². The molecule has 0 saturated heterocycles. The van der Waals surface area contributed by atoms with Gasteiger partial charge in [0.15, 0.2) is 0 Å². The fraction of sp³-hybridized carbons (Fsp3) is 0.412. The Labute approximate surface area is 252 Å². The van der Waals surface area contributed by atoms with Gasteiger partial charge in [0.05, 0.1) is 11.9 Å². The number of anilines is 1. The van der Waals surface area contributed by atoms with Gasteiger partial charge in [-0.3, -0.25) is 13.9 Å². The number of nitrogens with one attached hydrogen (secondary N) is 1. The number of nitrogens with zero attached hydrogens (tertiary/aromatic N) is 2. The van der Waals surface area contributed by atoms with E-state index in [-0.39, 0.29) is 31.3 Å². The van der Waals surface area contributed by atoms with Crippen molar-refractivity contribution in [1.82, 2.24) is 10.2 Å². The Bertz CT molecular complexity index is 1440. The predicted molar refractivity (Wildman–Crippen MR) is 171 cm³/mol. The predicted octanol–water partition coefficient (Wildman–Crippen LogP) is 5.71. The second-order valence-electron chi connectivity index (χ2n) is 11.0. The Morgan fingerprint density at radius 3 is 2.24 bits per heavy atom. The molecule has 0 aromatic heterocycles. The summed E-state index contributed by atoms with van der Waals surface area (Å²) in [6.45, 7) is 8.88. The van der Waals surface area contributed by atoms with Crippen LogP contribution in [0.3, 0.4) is 0 Å². The molecule has 0 radical (unpaired) electrons. The van der Waals surface area contributed by atoms with Crippen LogP contribution in [0.25, 0.3) is 0 Å². The van der Waals surface area contributed by atoms with Crippen molar-refractivity contribution in [2.45, 2.75) is 72.4 Å². The van der Waals surface area contributed by atoms with Gasteiger partial charge in [0.2, 0.25) is 21.8 Å². The van der Waals surface area contributed by atoms with E-state index in [1.54, 1.807) is 4.90 Å². The minimum absolute atomic E-state index is 0.107. The van der Waals surface area contributed by atoms with E-state index in [1.165, 1.54) is 10.6 Å². The normalized spacial score (nSPS) is 12.0. The molecule has 3 aromatic rings. The quantitative estimate of drug-likeness (QED) is 0.229. The van der Waals surface area contributed by atoms with Gasteiger partial charge in [-0.1, -0.05) is 80.1 Å². The van der Waals surface area contributed by atoms with Crippen LogP contribution in [-0.2, 0) is 32.6 Å². The summed E-state index contributed by atoms with van der Waals surface area (Å²) in [5, 5.41) is 3.05. The third kappa shape index (κ3) is 9.44. The molecule has 3 rings (SSSR count). The van der Waals surface area contributed by atoms with Gasteiger partial charge in [0.25, 0.3) is 0 Å². The molecule has 1 atom stereocenters. The average Bonchev–Trinajstić information content (AvgIpc) is 2.95. The molecule has 2 amide bonds. The first-order valence-electron chi connectivity index (χ1n) is 14.7. The molecule has 1 N–H and O–H groups in total. The highest BCUT2D eigenvalue weighted by atomic mass is 32.2. The maximum Gasteiger partial charge on any atom is 0.243 e. The highest BCUT2D eigenvalue weighted by Gasteiger charge is 2.30. The largest absolute Gasteiger partial charge is 0.354 e. The van der Waals surface area contributed by atoms with Gasteiger partial charge in [0, 0.05) is 32.5 Å². The van der Waals surface area contributed by atoms with Gasteiger partial charge >= 0.3 is 0 Å². The molecule has 0 spiro atoms. The molecule has 0 saturated carbocycles. The average molecular weight is 592 g/mol. The summed E-state index contributed by atoms with van der Waals surface area (Å²) < 4.78 is 27.0. The van der Waals surface area contributed by atoms with E-state index < -0.39 is 16.1 Å². The van der Waals surface area contributed by atoms with E-state index in [1.807, 2.05) is 93.6 Å². The van der Waals surface area contributed by atoms with Crippen LogP contribution in [0.2, 0.25) is 0 Å². The SMILES string of the molecule is CCCCNC(=O)[C@H](Cc1ccccc1)N(Cc1ccccc1C)C(=O)CCCN(c1cc(C)ccc1C)S(C)(=O)=O. The number of carbonyl (C=O) groups is 2. The van der Waals surface area contributed by atoms with Crippen LogP contribution in [-0.4, -0.2) is 50.5 Å². The van der Waals surface area contributed by atoms with Crippen LogP contribution >= 0.6 is 0 Å². The summed E-state index contributed by atoms with van der Waals surface area (Å²) in [6, 6.07) is 22.6. The Kier molecular flexibility index (Phi) is 12.2. The van der Waals surface area contributed by atoms with Crippen LogP contribution in [0.1, 0.15) is 60.4 Å². The molecule has 0 bridgehead atoms. The van der Waals surface area contributed by atoms with Gasteiger partial charge in [-0.05, 0) is 67.5 Å². The monoisotopic (exact) mass is 591 g/mol. The highest BCUT2D eigenvalue weighted by Crippen LogP contribution is 2.25. The van der Waals surface area contributed by atoms with Crippen molar-refractivity contribution >= 4 is 27.5 Å². The lowest BCUT2D eigenvalue weighted by Gasteiger charge is -2.32. The molecule has 7 nitrogen and oxygen atoms in total. The first kappa shape index (κ1) is 32.9. The molecule has 42 heavy (non-hydrogen) atoms. The topological polar surface area (TPSA) is 86.8 Å². The summed E-state index contributed by atoms with van der Waals surface area (Å²) in [6.07, 6.45) is 3.81. The Balaban J connectivity index is 1.90. The summed E-state index contributed by atoms with van der Waals surface area (Å²) >= 11 is 0. The van der Waals surface area contributed by atoms with Crippen molar-refractivity contribution in [1.29, 1.82) is 0 Å². The van der Waals surface area contributed by atoms with Crippen molar-refractivity contribution in [3.63, 3.8) is 0 Å². The lowest BCUT2D eigenvalue weighted by molar-refractivity contribution is -0.141. The maximum atomic E-state index is 14.0. The second-order valence-corrected chi connectivity index (χ2v) is 12.9. The zero-order chi connectivity index (χ0) is 30.7. The lowest BCUT2D eigenvalue weighted by Crippen LogP contribution is -2.50. The standard InChI is InChI=1S/C34H45N3O4S/c1-6-7-21-35-34(39)32(24-29-15-9-8-10-16-29)36(25-30-17-12-11-14-27(30)3)33(38)18-13-22-37(42(5,40)41)31-23-26(2)19-20-28(31)4/h8-12,14-17,19-20,23,32H,6-7,13,18,21-22,24-25H2,1-5H3,(H,35,39)/t32-/m0/s1. The fourth-order valence-corrected chi connectivity index (χ4v) is 6.02. The van der Waals surface area contributed by atoms with Gasteiger partial charge in [-0.2, -0.15) is 0 Å². The van der Waals surface area contributed by atoms with E-state index in [0.717, 1.165) is 40.7 Å². The van der Waals surface area contributed by atoms with Crippen molar-refractivity contribution < 1.29 is 18.0 Å². The number of unbranched alkanes of at least 4 members (excludes halogenated alkanes) is 1. The third-order valence-electron chi connectivity index (χ3n) is 7.49. The van der Waals surface area contributed by atoms with Crippen LogP contribution in [0.15, 0.2) is 72.8 Å². The Morgan fingerprint density at radius 1 is 0.881 bits per heavy atom. The fourth-order valence-electron chi connectivity index (χ4n) is 5.00. The van der Waals surface area contributed by atoms with Gasteiger partial charge in [-0.15, -0.1) is 0 Å². The molecule has 0 aliphatic heterocycles. The van der Waals surface area contributed by atoms with Crippen molar-refractivity contribution in [2.75, 3.05) is 23.7 Å².